The third-order valence-electron chi connectivity index (χ3n) is 5.22. The summed E-state index contributed by atoms with van der Waals surface area (Å²) in [6, 6.07) is 16.4. The first kappa shape index (κ1) is 18.5. The van der Waals surface area contributed by atoms with Gasteiger partial charge in [-0.15, -0.1) is 0 Å². The number of aryl methyl sites for hydroxylation is 2. The van der Waals surface area contributed by atoms with Crippen LogP contribution in [-0.4, -0.2) is 27.1 Å². The second kappa shape index (κ2) is 7.64. The van der Waals surface area contributed by atoms with Crippen molar-refractivity contribution in [3.63, 3.8) is 0 Å². The summed E-state index contributed by atoms with van der Waals surface area (Å²) in [6.45, 7) is 4.92. The van der Waals surface area contributed by atoms with E-state index in [4.69, 9.17) is 17.0 Å². The monoisotopic (exact) mass is 392 g/mol. The first-order chi connectivity index (χ1) is 13.6. The van der Waals surface area contributed by atoms with Crippen LogP contribution in [0.2, 0.25) is 0 Å². The number of nitrogens with zero attached hydrogens (tertiary/aromatic N) is 2. The zero-order valence-corrected chi connectivity index (χ0v) is 17.1. The number of pyridine rings is 1. The van der Waals surface area contributed by atoms with Crippen molar-refractivity contribution in [3.8, 4) is 5.75 Å². The average molecular weight is 393 g/mol. The fourth-order valence-electron chi connectivity index (χ4n) is 3.89. The summed E-state index contributed by atoms with van der Waals surface area (Å²) in [5, 5.41) is 4.25. The van der Waals surface area contributed by atoms with E-state index < -0.39 is 0 Å². The quantitative estimate of drug-likeness (QED) is 0.637. The van der Waals surface area contributed by atoms with Gasteiger partial charge in [0.25, 0.3) is 0 Å². The highest BCUT2D eigenvalue weighted by Crippen LogP contribution is 2.40. The molecule has 4 rings (SSSR count). The minimum atomic E-state index is 0.000786. The van der Waals surface area contributed by atoms with Gasteiger partial charge in [-0.05, 0) is 67.5 Å². The number of aromatic nitrogens is 2. The lowest BCUT2D eigenvalue weighted by Crippen LogP contribution is -2.29. The summed E-state index contributed by atoms with van der Waals surface area (Å²) >= 11 is 5.74. The number of aromatic amines is 1. The van der Waals surface area contributed by atoms with Crippen molar-refractivity contribution in [2.45, 2.75) is 32.5 Å². The molecule has 0 aliphatic carbocycles. The third kappa shape index (κ3) is 3.47. The number of hydrogen-bond acceptors (Lipinski definition) is 3. The normalized spacial score (nSPS) is 19.0. The van der Waals surface area contributed by atoms with Crippen molar-refractivity contribution >= 4 is 17.3 Å². The van der Waals surface area contributed by atoms with E-state index in [1.54, 1.807) is 7.11 Å². The van der Waals surface area contributed by atoms with E-state index in [1.165, 1.54) is 11.1 Å². The Morgan fingerprint density at radius 2 is 1.93 bits per heavy atom. The molecule has 0 bridgehead atoms. The molecule has 0 radical (unpaired) electrons. The van der Waals surface area contributed by atoms with Crippen LogP contribution in [0, 0.1) is 13.8 Å². The van der Waals surface area contributed by atoms with Crippen LogP contribution in [0.15, 0.2) is 54.7 Å². The Labute approximate surface area is 170 Å². The third-order valence-corrected chi connectivity index (χ3v) is 5.57. The van der Waals surface area contributed by atoms with Crippen molar-refractivity contribution in [3.05, 3.63) is 82.9 Å². The Bertz CT molecular complexity index is 968. The average Bonchev–Trinajstić information content (AvgIpc) is 3.21. The molecule has 144 valence electrons. The van der Waals surface area contributed by atoms with Gasteiger partial charge in [-0.2, -0.15) is 0 Å². The molecule has 3 aromatic rings. The fraction of sp³-hybridized carbons (Fsp3) is 0.273. The first-order valence-electron chi connectivity index (χ1n) is 9.34. The predicted octanol–water partition coefficient (Wildman–Crippen LogP) is 4.21. The van der Waals surface area contributed by atoms with Crippen molar-refractivity contribution in [2.24, 2.45) is 0 Å². The first-order valence-corrected chi connectivity index (χ1v) is 9.74. The smallest absolute Gasteiger partial charge is 0.170 e. The van der Waals surface area contributed by atoms with Gasteiger partial charge >= 0.3 is 0 Å². The Kier molecular flexibility index (Phi) is 5.05. The maximum atomic E-state index is 5.74. The van der Waals surface area contributed by atoms with Crippen LogP contribution in [-0.2, 0) is 6.54 Å². The molecular formula is C22H24N4OS. The Hall–Kier alpha value is -2.86. The number of methoxy groups -OCH3 is 1. The number of hydrogen-bond donors (Lipinski definition) is 2. The SMILES string of the molecule is COc1ccc(CN2C(=S)N[C@H](c3ccccn3)[C@H]2c2cc(C)[nH]c2C)cc1. The molecule has 0 saturated carbocycles. The predicted molar refractivity (Wildman–Crippen MR) is 114 cm³/mol. The fourth-order valence-corrected chi connectivity index (χ4v) is 4.20. The van der Waals surface area contributed by atoms with Crippen molar-refractivity contribution in [1.29, 1.82) is 0 Å². The molecule has 1 aliphatic rings. The Balaban J connectivity index is 1.72. The molecule has 28 heavy (non-hydrogen) atoms. The van der Waals surface area contributed by atoms with Gasteiger partial charge in [0, 0.05) is 24.1 Å². The molecule has 1 fully saturated rings. The van der Waals surface area contributed by atoms with Gasteiger partial charge in [0.05, 0.1) is 24.9 Å². The highest BCUT2D eigenvalue weighted by molar-refractivity contribution is 7.80. The zero-order valence-electron chi connectivity index (χ0n) is 16.3. The van der Waals surface area contributed by atoms with Crippen molar-refractivity contribution < 1.29 is 4.74 Å². The second-order valence-corrected chi connectivity index (χ2v) is 7.52. The van der Waals surface area contributed by atoms with Gasteiger partial charge in [-0.3, -0.25) is 4.98 Å². The van der Waals surface area contributed by atoms with Gasteiger partial charge in [0.15, 0.2) is 5.11 Å². The molecule has 0 unspecified atom stereocenters. The van der Waals surface area contributed by atoms with Crippen LogP contribution in [0.25, 0.3) is 0 Å². The van der Waals surface area contributed by atoms with Gasteiger partial charge < -0.3 is 19.9 Å². The van der Waals surface area contributed by atoms with E-state index in [0.717, 1.165) is 27.9 Å². The highest BCUT2D eigenvalue weighted by atomic mass is 32.1. The lowest BCUT2D eigenvalue weighted by atomic mass is 9.96. The van der Waals surface area contributed by atoms with Crippen LogP contribution >= 0.6 is 12.2 Å². The molecule has 2 atom stereocenters. The molecule has 2 N–H and O–H groups in total. The van der Waals surface area contributed by atoms with E-state index >= 15 is 0 Å². The van der Waals surface area contributed by atoms with E-state index in [2.05, 4.69) is 58.3 Å². The Morgan fingerprint density at radius 3 is 2.54 bits per heavy atom. The van der Waals surface area contributed by atoms with E-state index in [0.29, 0.717) is 6.54 Å². The lowest BCUT2D eigenvalue weighted by Gasteiger charge is -2.28. The van der Waals surface area contributed by atoms with Gasteiger partial charge in [0.2, 0.25) is 0 Å². The van der Waals surface area contributed by atoms with E-state index in [-0.39, 0.29) is 12.1 Å². The summed E-state index contributed by atoms with van der Waals surface area (Å²) in [6.07, 6.45) is 1.83. The van der Waals surface area contributed by atoms with Crippen LogP contribution in [0.3, 0.4) is 0 Å². The van der Waals surface area contributed by atoms with E-state index in [1.807, 2.05) is 30.5 Å². The molecule has 0 amide bonds. The second-order valence-electron chi connectivity index (χ2n) is 7.14. The maximum Gasteiger partial charge on any atom is 0.170 e. The number of benzene rings is 1. The topological polar surface area (TPSA) is 53.2 Å². The van der Waals surface area contributed by atoms with Crippen LogP contribution in [0.4, 0.5) is 0 Å². The van der Waals surface area contributed by atoms with Crippen molar-refractivity contribution in [1.82, 2.24) is 20.2 Å². The minimum absolute atomic E-state index is 0.000786. The number of thiocarbonyl (C=S) groups is 1. The maximum absolute atomic E-state index is 5.74. The Morgan fingerprint density at radius 1 is 1.14 bits per heavy atom. The molecule has 1 aliphatic heterocycles. The van der Waals surface area contributed by atoms with Gasteiger partial charge in [0.1, 0.15) is 5.75 Å². The molecule has 5 nitrogen and oxygen atoms in total. The van der Waals surface area contributed by atoms with Gasteiger partial charge in [-0.1, -0.05) is 18.2 Å². The summed E-state index contributed by atoms with van der Waals surface area (Å²) < 4.78 is 5.28. The lowest BCUT2D eigenvalue weighted by molar-refractivity contribution is 0.310. The summed E-state index contributed by atoms with van der Waals surface area (Å²) in [5.41, 5.74) is 5.73. The minimum Gasteiger partial charge on any atom is -0.497 e. The summed E-state index contributed by atoms with van der Waals surface area (Å²) in [5.74, 6) is 0.853. The van der Waals surface area contributed by atoms with Crippen molar-refractivity contribution in [2.75, 3.05) is 7.11 Å². The standard InChI is InChI=1S/C22H24N4OS/c1-14-12-18(15(2)24-14)21-20(19-6-4-5-11-23-19)25-22(28)26(21)13-16-7-9-17(27-3)10-8-16/h4-12,20-21,24H,13H2,1-3H3,(H,25,28)/t20-,21-/m1/s1. The number of ether oxygens (including phenoxy) is 1. The number of nitrogens with one attached hydrogen (secondary N) is 2. The molecule has 2 aromatic heterocycles. The van der Waals surface area contributed by atoms with Crippen LogP contribution in [0.1, 0.15) is 40.3 Å². The largest absolute Gasteiger partial charge is 0.497 e. The summed E-state index contributed by atoms with van der Waals surface area (Å²) in [4.78, 5) is 10.3. The number of rotatable bonds is 5. The molecule has 6 heteroatoms. The van der Waals surface area contributed by atoms with Crippen LogP contribution < -0.4 is 10.1 Å². The van der Waals surface area contributed by atoms with E-state index in [9.17, 15) is 0 Å². The molecule has 0 spiro atoms. The highest BCUT2D eigenvalue weighted by Gasteiger charge is 2.40. The molecule has 1 saturated heterocycles. The van der Waals surface area contributed by atoms with Gasteiger partial charge in [-0.25, -0.2) is 0 Å². The number of H-pyrrole nitrogens is 1. The molecule has 1 aromatic carbocycles. The summed E-state index contributed by atoms with van der Waals surface area (Å²) in [7, 11) is 1.68. The van der Waals surface area contributed by atoms with Crippen LogP contribution in [0.5, 0.6) is 5.75 Å². The zero-order chi connectivity index (χ0) is 19.7. The molecule has 3 heterocycles. The molecular weight excluding hydrogens is 368 g/mol.